The zero-order valence-corrected chi connectivity index (χ0v) is 11.4. The number of esters is 1. The minimum atomic E-state index is -0.411. The first-order valence-electron chi connectivity index (χ1n) is 6.81. The Morgan fingerprint density at radius 3 is 2.74 bits per heavy atom. The predicted octanol–water partition coefficient (Wildman–Crippen LogP) is 3.01. The van der Waals surface area contributed by atoms with Crippen molar-refractivity contribution in [3.8, 4) is 5.75 Å². The van der Waals surface area contributed by atoms with Crippen LogP contribution in [0.4, 0.5) is 5.69 Å². The van der Waals surface area contributed by atoms with Crippen LogP contribution in [0.15, 0.2) is 18.2 Å². The number of hydrogen-bond donors (Lipinski definition) is 1. The molecule has 0 bridgehead atoms. The standard InChI is InChI=1S/C15H21NO3/c1-18-15(17)13-9-12(16)7-8-14(13)19-10-11-5-3-2-4-6-11/h7-9,11H,2-6,10,16H2,1H3. The molecule has 2 N–H and O–H groups in total. The van der Waals surface area contributed by atoms with Crippen molar-refractivity contribution in [3.05, 3.63) is 23.8 Å². The van der Waals surface area contributed by atoms with Gasteiger partial charge < -0.3 is 15.2 Å². The Bertz CT molecular complexity index is 439. The number of ether oxygens (including phenoxy) is 2. The molecule has 4 heteroatoms. The summed E-state index contributed by atoms with van der Waals surface area (Å²) in [5.74, 6) is 0.745. The fourth-order valence-electron chi connectivity index (χ4n) is 2.50. The van der Waals surface area contributed by atoms with E-state index >= 15 is 0 Å². The van der Waals surface area contributed by atoms with Crippen molar-refractivity contribution in [2.24, 2.45) is 5.92 Å². The third-order valence-corrected chi connectivity index (χ3v) is 3.61. The molecule has 1 aliphatic carbocycles. The maximum absolute atomic E-state index is 11.7. The van der Waals surface area contributed by atoms with Crippen LogP contribution >= 0.6 is 0 Å². The average molecular weight is 263 g/mol. The lowest BCUT2D eigenvalue weighted by atomic mass is 9.90. The molecule has 1 aromatic rings. The number of nitrogen functional groups attached to an aromatic ring is 1. The van der Waals surface area contributed by atoms with Crippen molar-refractivity contribution in [1.82, 2.24) is 0 Å². The van der Waals surface area contributed by atoms with E-state index in [-0.39, 0.29) is 0 Å². The number of nitrogens with two attached hydrogens (primary N) is 1. The van der Waals surface area contributed by atoms with E-state index in [9.17, 15) is 4.79 Å². The summed E-state index contributed by atoms with van der Waals surface area (Å²) >= 11 is 0. The third kappa shape index (κ3) is 3.63. The van der Waals surface area contributed by atoms with Crippen molar-refractivity contribution >= 4 is 11.7 Å². The van der Waals surface area contributed by atoms with Gasteiger partial charge in [-0.3, -0.25) is 0 Å². The summed E-state index contributed by atoms with van der Waals surface area (Å²) in [7, 11) is 1.36. The summed E-state index contributed by atoms with van der Waals surface area (Å²) in [4.78, 5) is 11.7. The maximum atomic E-state index is 11.7. The number of anilines is 1. The van der Waals surface area contributed by atoms with Gasteiger partial charge in [0, 0.05) is 5.69 Å². The lowest BCUT2D eigenvalue weighted by molar-refractivity contribution is 0.0594. The lowest BCUT2D eigenvalue weighted by Crippen LogP contribution is -2.16. The number of hydrogen-bond acceptors (Lipinski definition) is 4. The van der Waals surface area contributed by atoms with Crippen LogP contribution in [0, 0.1) is 5.92 Å². The topological polar surface area (TPSA) is 61.5 Å². The second-order valence-electron chi connectivity index (χ2n) is 5.06. The van der Waals surface area contributed by atoms with E-state index in [0.29, 0.717) is 29.5 Å². The summed E-state index contributed by atoms with van der Waals surface area (Å²) in [6.07, 6.45) is 6.30. The molecule has 0 atom stereocenters. The van der Waals surface area contributed by atoms with E-state index in [0.717, 1.165) is 0 Å². The molecule has 0 spiro atoms. The van der Waals surface area contributed by atoms with Gasteiger partial charge in [0.15, 0.2) is 0 Å². The predicted molar refractivity (Wildman–Crippen MR) is 74.3 cm³/mol. The van der Waals surface area contributed by atoms with Gasteiger partial charge in [-0.2, -0.15) is 0 Å². The van der Waals surface area contributed by atoms with Crippen LogP contribution in [-0.2, 0) is 4.74 Å². The minimum absolute atomic E-state index is 0.401. The van der Waals surface area contributed by atoms with Crippen molar-refractivity contribution < 1.29 is 14.3 Å². The normalized spacial score (nSPS) is 16.1. The molecule has 4 nitrogen and oxygen atoms in total. The van der Waals surface area contributed by atoms with E-state index in [1.165, 1.54) is 39.2 Å². The smallest absolute Gasteiger partial charge is 0.341 e. The highest BCUT2D eigenvalue weighted by Gasteiger charge is 2.17. The molecule has 19 heavy (non-hydrogen) atoms. The van der Waals surface area contributed by atoms with E-state index in [2.05, 4.69) is 0 Å². The van der Waals surface area contributed by atoms with Crippen LogP contribution in [0.1, 0.15) is 42.5 Å². The van der Waals surface area contributed by atoms with Gasteiger partial charge in [-0.25, -0.2) is 4.79 Å². The molecular formula is C15H21NO3. The molecule has 0 unspecified atom stereocenters. The SMILES string of the molecule is COC(=O)c1cc(N)ccc1OCC1CCCCC1. The first kappa shape index (κ1) is 13.7. The van der Waals surface area contributed by atoms with Crippen LogP contribution in [0.3, 0.4) is 0 Å². The third-order valence-electron chi connectivity index (χ3n) is 3.61. The molecule has 104 valence electrons. The van der Waals surface area contributed by atoms with Crippen molar-refractivity contribution in [2.45, 2.75) is 32.1 Å². The Morgan fingerprint density at radius 1 is 1.32 bits per heavy atom. The Hall–Kier alpha value is -1.71. The second-order valence-corrected chi connectivity index (χ2v) is 5.06. The van der Waals surface area contributed by atoms with Crippen molar-refractivity contribution in [2.75, 3.05) is 19.5 Å². The van der Waals surface area contributed by atoms with Gasteiger partial charge in [0.05, 0.1) is 13.7 Å². The van der Waals surface area contributed by atoms with E-state index in [1.54, 1.807) is 18.2 Å². The van der Waals surface area contributed by atoms with E-state index < -0.39 is 5.97 Å². The van der Waals surface area contributed by atoms with E-state index in [4.69, 9.17) is 15.2 Å². The zero-order valence-electron chi connectivity index (χ0n) is 11.4. The van der Waals surface area contributed by atoms with Gasteiger partial charge in [0.1, 0.15) is 11.3 Å². The summed E-state index contributed by atoms with van der Waals surface area (Å²) < 4.78 is 10.5. The number of rotatable bonds is 4. The quantitative estimate of drug-likeness (QED) is 0.670. The highest BCUT2D eigenvalue weighted by molar-refractivity contribution is 5.93. The highest BCUT2D eigenvalue weighted by Crippen LogP contribution is 2.27. The van der Waals surface area contributed by atoms with Gasteiger partial charge in [0.25, 0.3) is 0 Å². The first-order chi connectivity index (χ1) is 9.20. The van der Waals surface area contributed by atoms with Crippen molar-refractivity contribution in [3.63, 3.8) is 0 Å². The van der Waals surface area contributed by atoms with Crippen LogP contribution in [0.2, 0.25) is 0 Å². The van der Waals surface area contributed by atoms with Crippen molar-refractivity contribution in [1.29, 1.82) is 0 Å². The Morgan fingerprint density at radius 2 is 2.05 bits per heavy atom. The summed E-state index contributed by atoms with van der Waals surface area (Å²) in [5, 5.41) is 0. The second kappa shape index (κ2) is 6.45. The lowest BCUT2D eigenvalue weighted by Gasteiger charge is -2.22. The first-order valence-corrected chi connectivity index (χ1v) is 6.81. The molecule has 1 saturated carbocycles. The van der Waals surface area contributed by atoms with Crippen LogP contribution in [-0.4, -0.2) is 19.7 Å². The Balaban J connectivity index is 2.04. The summed E-state index contributed by atoms with van der Waals surface area (Å²) in [5.41, 5.74) is 6.63. The maximum Gasteiger partial charge on any atom is 0.341 e. The Kier molecular flexibility index (Phi) is 4.66. The molecule has 2 rings (SSSR count). The molecule has 1 aromatic carbocycles. The zero-order chi connectivity index (χ0) is 13.7. The highest BCUT2D eigenvalue weighted by atomic mass is 16.5. The summed E-state index contributed by atoms with van der Waals surface area (Å²) in [6.45, 7) is 0.661. The molecule has 0 heterocycles. The largest absolute Gasteiger partial charge is 0.492 e. The monoisotopic (exact) mass is 263 g/mol. The van der Waals surface area contributed by atoms with Crippen LogP contribution in [0.5, 0.6) is 5.75 Å². The molecule has 0 amide bonds. The van der Waals surface area contributed by atoms with Crippen LogP contribution in [0.25, 0.3) is 0 Å². The average Bonchev–Trinajstić information content (AvgIpc) is 2.46. The number of carbonyl (C=O) groups is 1. The van der Waals surface area contributed by atoms with Gasteiger partial charge in [0.2, 0.25) is 0 Å². The fraction of sp³-hybridized carbons (Fsp3) is 0.533. The van der Waals surface area contributed by atoms with Crippen LogP contribution < -0.4 is 10.5 Å². The molecule has 1 aliphatic rings. The Labute approximate surface area is 113 Å². The molecular weight excluding hydrogens is 242 g/mol. The molecule has 0 aromatic heterocycles. The molecule has 0 saturated heterocycles. The van der Waals surface area contributed by atoms with Gasteiger partial charge in [-0.15, -0.1) is 0 Å². The fourth-order valence-corrected chi connectivity index (χ4v) is 2.50. The molecule has 1 fully saturated rings. The summed E-state index contributed by atoms with van der Waals surface area (Å²) in [6, 6.07) is 5.08. The number of carbonyl (C=O) groups excluding carboxylic acids is 1. The molecule has 0 radical (unpaired) electrons. The minimum Gasteiger partial charge on any atom is -0.492 e. The number of benzene rings is 1. The number of methoxy groups -OCH3 is 1. The molecule has 0 aliphatic heterocycles. The van der Waals surface area contributed by atoms with E-state index in [1.807, 2.05) is 0 Å². The van der Waals surface area contributed by atoms with Gasteiger partial charge in [-0.05, 0) is 37.0 Å². The van der Waals surface area contributed by atoms with Gasteiger partial charge >= 0.3 is 5.97 Å². The van der Waals surface area contributed by atoms with Gasteiger partial charge in [-0.1, -0.05) is 19.3 Å².